The number of nitrogen functional groups attached to an aromatic ring is 1. The van der Waals surface area contributed by atoms with Gasteiger partial charge in [0.2, 0.25) is 0 Å². The predicted molar refractivity (Wildman–Crippen MR) is 120 cm³/mol. The van der Waals surface area contributed by atoms with Crippen molar-refractivity contribution in [3.8, 4) is 11.8 Å². The van der Waals surface area contributed by atoms with E-state index in [4.69, 9.17) is 5.73 Å². The molecule has 7 nitrogen and oxygen atoms in total. The van der Waals surface area contributed by atoms with Crippen molar-refractivity contribution in [2.75, 3.05) is 19.3 Å². The Morgan fingerprint density at radius 2 is 1.94 bits per heavy atom. The van der Waals surface area contributed by atoms with Crippen LogP contribution in [0.15, 0.2) is 59.6 Å². The van der Waals surface area contributed by atoms with E-state index in [-0.39, 0.29) is 17.7 Å². The maximum absolute atomic E-state index is 13.2. The van der Waals surface area contributed by atoms with E-state index in [1.807, 2.05) is 18.2 Å². The van der Waals surface area contributed by atoms with E-state index in [1.54, 1.807) is 19.2 Å². The first-order valence-electron chi connectivity index (χ1n) is 10.1. The lowest BCUT2D eigenvalue weighted by atomic mass is 10.1. The molecule has 0 aliphatic carbocycles. The molecule has 0 aliphatic rings. The molecule has 2 aromatic carbocycles. The molecule has 1 unspecified atom stereocenters. The van der Waals surface area contributed by atoms with Crippen LogP contribution in [0.5, 0.6) is 0 Å². The number of nitrogens with one attached hydrogen (secondary N) is 2. The standard InChI is InChI=1S/C23H26FN7/c1-16(17-7-4-3-5-8-17)29-23(27-2)28-14-6-9-21-20(15-25)22(26)31(30-21)19-12-10-18(24)11-13-19/h3-5,7-8,10-13,16H,6,9,14,26H2,1-2H3,(H2,27,28,29). The Bertz CT molecular complexity index is 1070. The highest BCUT2D eigenvalue weighted by Crippen LogP contribution is 2.21. The van der Waals surface area contributed by atoms with Crippen LogP contribution in [0.4, 0.5) is 10.2 Å². The van der Waals surface area contributed by atoms with Gasteiger partial charge in [0.15, 0.2) is 5.96 Å². The van der Waals surface area contributed by atoms with Gasteiger partial charge in [-0.3, -0.25) is 4.99 Å². The molecule has 0 spiro atoms. The van der Waals surface area contributed by atoms with Gasteiger partial charge in [-0.25, -0.2) is 9.07 Å². The van der Waals surface area contributed by atoms with Crippen LogP contribution < -0.4 is 16.4 Å². The second kappa shape index (κ2) is 10.3. The molecule has 0 fully saturated rings. The van der Waals surface area contributed by atoms with Crippen LogP contribution in [0, 0.1) is 17.1 Å². The smallest absolute Gasteiger partial charge is 0.191 e. The summed E-state index contributed by atoms with van der Waals surface area (Å²) in [7, 11) is 1.73. The molecule has 0 saturated heterocycles. The number of nitrogens with zero attached hydrogens (tertiary/aromatic N) is 4. The number of hydrogen-bond acceptors (Lipinski definition) is 4. The highest BCUT2D eigenvalue weighted by atomic mass is 19.1. The van der Waals surface area contributed by atoms with Crippen molar-refractivity contribution >= 4 is 11.8 Å². The van der Waals surface area contributed by atoms with Crippen molar-refractivity contribution in [2.24, 2.45) is 4.99 Å². The third-order valence-electron chi connectivity index (χ3n) is 4.94. The zero-order chi connectivity index (χ0) is 22.2. The molecular weight excluding hydrogens is 393 g/mol. The van der Waals surface area contributed by atoms with E-state index >= 15 is 0 Å². The molecule has 0 amide bonds. The Labute approximate surface area is 181 Å². The fraction of sp³-hybridized carbons (Fsp3) is 0.261. The second-order valence-corrected chi connectivity index (χ2v) is 7.09. The number of hydrogen-bond donors (Lipinski definition) is 3. The zero-order valence-corrected chi connectivity index (χ0v) is 17.6. The number of halogens is 1. The summed E-state index contributed by atoms with van der Waals surface area (Å²) in [6.45, 7) is 2.72. The summed E-state index contributed by atoms with van der Waals surface area (Å²) in [6, 6.07) is 18.2. The molecule has 4 N–H and O–H groups in total. The first-order chi connectivity index (χ1) is 15.0. The number of rotatable bonds is 7. The fourth-order valence-electron chi connectivity index (χ4n) is 3.24. The molecule has 1 atom stereocenters. The van der Waals surface area contributed by atoms with Crippen molar-refractivity contribution in [1.29, 1.82) is 5.26 Å². The third-order valence-corrected chi connectivity index (χ3v) is 4.94. The fourth-order valence-corrected chi connectivity index (χ4v) is 3.24. The van der Waals surface area contributed by atoms with Crippen molar-refractivity contribution in [3.05, 3.63) is 77.2 Å². The van der Waals surface area contributed by atoms with Gasteiger partial charge in [-0.05, 0) is 49.6 Å². The van der Waals surface area contributed by atoms with Crippen molar-refractivity contribution in [2.45, 2.75) is 25.8 Å². The predicted octanol–water partition coefficient (Wildman–Crippen LogP) is 3.32. The molecule has 3 rings (SSSR count). The van der Waals surface area contributed by atoms with E-state index in [0.29, 0.717) is 35.9 Å². The number of benzene rings is 2. The lowest BCUT2D eigenvalue weighted by molar-refractivity contribution is 0.627. The molecule has 3 aromatic rings. The lowest BCUT2D eigenvalue weighted by Gasteiger charge is -2.18. The third kappa shape index (κ3) is 5.39. The largest absolute Gasteiger partial charge is 0.382 e. The van der Waals surface area contributed by atoms with Crippen LogP contribution in [-0.4, -0.2) is 29.3 Å². The summed E-state index contributed by atoms with van der Waals surface area (Å²) in [5, 5.41) is 20.6. The van der Waals surface area contributed by atoms with E-state index in [2.05, 4.69) is 45.9 Å². The van der Waals surface area contributed by atoms with Crippen LogP contribution in [0.3, 0.4) is 0 Å². The van der Waals surface area contributed by atoms with Crippen molar-refractivity contribution in [1.82, 2.24) is 20.4 Å². The minimum atomic E-state index is -0.343. The number of nitrogens with two attached hydrogens (primary N) is 1. The summed E-state index contributed by atoms with van der Waals surface area (Å²) in [6.07, 6.45) is 1.30. The minimum absolute atomic E-state index is 0.115. The second-order valence-electron chi connectivity index (χ2n) is 7.09. The molecule has 8 heteroatoms. The molecule has 0 aliphatic heterocycles. The Morgan fingerprint density at radius 1 is 1.23 bits per heavy atom. The maximum atomic E-state index is 13.2. The number of aromatic nitrogens is 2. The SMILES string of the molecule is CN=C(NCCCc1nn(-c2ccc(F)cc2)c(N)c1C#N)NC(C)c1ccccc1. The number of anilines is 1. The topological polar surface area (TPSA) is 104 Å². The zero-order valence-electron chi connectivity index (χ0n) is 17.6. The highest BCUT2D eigenvalue weighted by Gasteiger charge is 2.16. The average Bonchev–Trinajstić information content (AvgIpc) is 3.11. The Morgan fingerprint density at radius 3 is 2.58 bits per heavy atom. The van der Waals surface area contributed by atoms with Gasteiger partial charge in [0, 0.05) is 13.6 Å². The van der Waals surface area contributed by atoms with Gasteiger partial charge in [0.1, 0.15) is 23.3 Å². The van der Waals surface area contributed by atoms with E-state index in [9.17, 15) is 9.65 Å². The van der Waals surface area contributed by atoms with Gasteiger partial charge in [0.05, 0.1) is 17.4 Å². The molecular formula is C23H26FN7. The van der Waals surface area contributed by atoms with Crippen molar-refractivity contribution in [3.63, 3.8) is 0 Å². The maximum Gasteiger partial charge on any atom is 0.191 e. The lowest BCUT2D eigenvalue weighted by Crippen LogP contribution is -2.39. The number of nitriles is 1. The van der Waals surface area contributed by atoms with Gasteiger partial charge in [-0.2, -0.15) is 10.4 Å². The first kappa shape index (κ1) is 21.8. The van der Waals surface area contributed by atoms with E-state index in [1.165, 1.54) is 22.4 Å². The molecule has 1 aromatic heterocycles. The summed E-state index contributed by atoms with van der Waals surface area (Å²) in [4.78, 5) is 4.27. The minimum Gasteiger partial charge on any atom is -0.382 e. The van der Waals surface area contributed by atoms with Crippen molar-refractivity contribution < 1.29 is 4.39 Å². The number of aryl methyl sites for hydroxylation is 1. The number of aliphatic imine (C=N–C) groups is 1. The highest BCUT2D eigenvalue weighted by molar-refractivity contribution is 5.80. The molecule has 0 saturated carbocycles. The van der Waals surface area contributed by atoms with Gasteiger partial charge in [0.25, 0.3) is 0 Å². The molecule has 1 heterocycles. The van der Waals surface area contributed by atoms with E-state index < -0.39 is 0 Å². The Hall–Kier alpha value is -3.86. The van der Waals surface area contributed by atoms with Crippen LogP contribution in [0.2, 0.25) is 0 Å². The summed E-state index contributed by atoms with van der Waals surface area (Å²) < 4.78 is 14.7. The van der Waals surface area contributed by atoms with Crippen LogP contribution in [0.1, 0.15) is 36.2 Å². The number of guanidine groups is 1. The molecule has 0 radical (unpaired) electrons. The van der Waals surface area contributed by atoms with Gasteiger partial charge in [-0.1, -0.05) is 30.3 Å². The quantitative estimate of drug-likeness (QED) is 0.310. The molecule has 31 heavy (non-hydrogen) atoms. The Kier molecular flexibility index (Phi) is 7.22. The average molecular weight is 420 g/mol. The summed E-state index contributed by atoms with van der Waals surface area (Å²) in [5.41, 5.74) is 8.86. The van der Waals surface area contributed by atoms with Crippen LogP contribution >= 0.6 is 0 Å². The summed E-state index contributed by atoms with van der Waals surface area (Å²) >= 11 is 0. The monoisotopic (exact) mass is 419 g/mol. The first-order valence-corrected chi connectivity index (χ1v) is 10.1. The normalized spacial score (nSPS) is 12.3. The van der Waals surface area contributed by atoms with Gasteiger partial charge < -0.3 is 16.4 Å². The molecule has 160 valence electrons. The van der Waals surface area contributed by atoms with Gasteiger partial charge in [-0.15, -0.1) is 0 Å². The summed E-state index contributed by atoms with van der Waals surface area (Å²) in [5.74, 6) is 0.615. The van der Waals surface area contributed by atoms with Crippen LogP contribution in [-0.2, 0) is 6.42 Å². The van der Waals surface area contributed by atoms with E-state index in [0.717, 1.165) is 6.42 Å². The Balaban J connectivity index is 1.58. The van der Waals surface area contributed by atoms with Crippen LogP contribution in [0.25, 0.3) is 5.69 Å². The molecule has 0 bridgehead atoms. The van der Waals surface area contributed by atoms with Gasteiger partial charge >= 0.3 is 0 Å².